The lowest BCUT2D eigenvalue weighted by atomic mass is 10.1. The van der Waals surface area contributed by atoms with Crippen LogP contribution in [0.1, 0.15) is 5.56 Å². The number of anilines is 1. The van der Waals surface area contributed by atoms with E-state index in [4.69, 9.17) is 16.9 Å². The summed E-state index contributed by atoms with van der Waals surface area (Å²) in [5, 5.41) is 12.0. The zero-order valence-electron chi connectivity index (χ0n) is 11.1. The van der Waals surface area contributed by atoms with E-state index in [-0.39, 0.29) is 11.1 Å². The van der Waals surface area contributed by atoms with Crippen LogP contribution in [0.4, 0.5) is 14.5 Å². The molecular weight excluding hydrogens is 310 g/mol. The average molecular weight is 319 g/mol. The van der Waals surface area contributed by atoms with Crippen LogP contribution in [0, 0.1) is 23.0 Å². The monoisotopic (exact) mass is 318 g/mol. The van der Waals surface area contributed by atoms with Gasteiger partial charge in [-0.2, -0.15) is 5.26 Å². The Hall–Kier alpha value is -2.71. The number of benzene rings is 2. The third-order valence-electron chi connectivity index (χ3n) is 2.73. The van der Waals surface area contributed by atoms with Crippen molar-refractivity contribution in [2.24, 2.45) is 0 Å². The fraction of sp³-hybridized carbons (Fsp3) is 0. The van der Waals surface area contributed by atoms with Gasteiger partial charge in [0.1, 0.15) is 23.3 Å². The maximum atomic E-state index is 13.5. The molecule has 0 saturated carbocycles. The highest BCUT2D eigenvalue weighted by Gasteiger charge is 2.11. The average Bonchev–Trinajstić information content (AvgIpc) is 2.49. The van der Waals surface area contributed by atoms with Crippen molar-refractivity contribution >= 4 is 29.3 Å². The predicted octanol–water partition coefficient (Wildman–Crippen LogP) is 4.16. The first-order valence-corrected chi connectivity index (χ1v) is 6.51. The minimum atomic E-state index is -0.855. The van der Waals surface area contributed by atoms with Gasteiger partial charge in [0.25, 0.3) is 5.91 Å². The highest BCUT2D eigenvalue weighted by molar-refractivity contribution is 6.30. The SMILES string of the molecule is N#C/C(=C\c1ccc(F)cc1F)C(=O)Nc1ccc(Cl)cc1. The van der Waals surface area contributed by atoms with Crippen LogP contribution in [0.15, 0.2) is 48.0 Å². The van der Waals surface area contributed by atoms with Crippen molar-refractivity contribution in [3.63, 3.8) is 0 Å². The van der Waals surface area contributed by atoms with Gasteiger partial charge in [-0.1, -0.05) is 11.6 Å². The molecule has 1 amide bonds. The van der Waals surface area contributed by atoms with Crippen molar-refractivity contribution in [1.82, 2.24) is 0 Å². The molecule has 3 nitrogen and oxygen atoms in total. The zero-order chi connectivity index (χ0) is 16.1. The molecule has 1 N–H and O–H groups in total. The van der Waals surface area contributed by atoms with Gasteiger partial charge in [0, 0.05) is 22.3 Å². The number of amides is 1. The van der Waals surface area contributed by atoms with E-state index >= 15 is 0 Å². The third kappa shape index (κ3) is 3.90. The van der Waals surface area contributed by atoms with Gasteiger partial charge in [-0.3, -0.25) is 4.79 Å². The lowest BCUT2D eigenvalue weighted by Gasteiger charge is -2.04. The molecule has 22 heavy (non-hydrogen) atoms. The van der Waals surface area contributed by atoms with Crippen molar-refractivity contribution in [3.8, 4) is 6.07 Å². The molecule has 0 aromatic heterocycles. The highest BCUT2D eigenvalue weighted by atomic mass is 35.5. The van der Waals surface area contributed by atoms with E-state index in [1.807, 2.05) is 0 Å². The van der Waals surface area contributed by atoms with E-state index in [1.54, 1.807) is 30.3 Å². The predicted molar refractivity (Wildman–Crippen MR) is 80.0 cm³/mol. The van der Waals surface area contributed by atoms with Gasteiger partial charge >= 0.3 is 0 Å². The fourth-order valence-electron chi connectivity index (χ4n) is 1.65. The Morgan fingerprint density at radius 2 is 1.86 bits per heavy atom. The standard InChI is InChI=1S/C16H9ClF2N2O/c17-12-2-5-14(6-3-12)21-16(22)11(9-20)7-10-1-4-13(18)8-15(10)19/h1-8H,(H,21,22)/b11-7+. The molecule has 0 bridgehead atoms. The maximum absolute atomic E-state index is 13.5. The van der Waals surface area contributed by atoms with E-state index in [0.29, 0.717) is 16.8 Å². The van der Waals surface area contributed by atoms with Crippen molar-refractivity contribution in [2.45, 2.75) is 0 Å². The number of hydrogen-bond donors (Lipinski definition) is 1. The summed E-state index contributed by atoms with van der Waals surface area (Å²) in [5.74, 6) is -2.29. The Labute approximate surface area is 130 Å². The molecule has 0 atom stereocenters. The molecule has 0 spiro atoms. The number of carbonyl (C=O) groups excluding carboxylic acids is 1. The molecule has 0 aliphatic rings. The van der Waals surface area contributed by atoms with Crippen molar-refractivity contribution in [2.75, 3.05) is 5.32 Å². The molecule has 2 rings (SSSR count). The summed E-state index contributed by atoms with van der Waals surface area (Å²) in [6, 6.07) is 10.8. The number of hydrogen-bond acceptors (Lipinski definition) is 2. The molecule has 0 aliphatic heterocycles. The smallest absolute Gasteiger partial charge is 0.266 e. The second-order valence-electron chi connectivity index (χ2n) is 4.30. The van der Waals surface area contributed by atoms with Crippen molar-refractivity contribution < 1.29 is 13.6 Å². The summed E-state index contributed by atoms with van der Waals surface area (Å²) in [6.45, 7) is 0. The van der Waals surface area contributed by atoms with E-state index in [1.165, 1.54) is 0 Å². The lowest BCUT2D eigenvalue weighted by molar-refractivity contribution is -0.112. The van der Waals surface area contributed by atoms with Crippen molar-refractivity contribution in [1.29, 1.82) is 5.26 Å². The Morgan fingerprint density at radius 1 is 1.18 bits per heavy atom. The molecule has 6 heteroatoms. The summed E-state index contributed by atoms with van der Waals surface area (Å²) in [7, 11) is 0. The largest absolute Gasteiger partial charge is 0.321 e. The molecule has 0 radical (unpaired) electrons. The summed E-state index contributed by atoms with van der Waals surface area (Å²) >= 11 is 5.73. The van der Waals surface area contributed by atoms with Crippen molar-refractivity contribution in [3.05, 3.63) is 70.3 Å². The van der Waals surface area contributed by atoms with Gasteiger partial charge in [-0.25, -0.2) is 8.78 Å². The maximum Gasteiger partial charge on any atom is 0.266 e. The topological polar surface area (TPSA) is 52.9 Å². The van der Waals surface area contributed by atoms with Gasteiger partial charge in [0.05, 0.1) is 0 Å². The lowest BCUT2D eigenvalue weighted by Crippen LogP contribution is -2.13. The van der Waals surface area contributed by atoms with Crippen LogP contribution < -0.4 is 5.32 Å². The fourth-order valence-corrected chi connectivity index (χ4v) is 1.78. The summed E-state index contributed by atoms with van der Waals surface area (Å²) < 4.78 is 26.4. The Morgan fingerprint density at radius 3 is 2.45 bits per heavy atom. The van der Waals surface area contributed by atoms with Gasteiger partial charge in [0.15, 0.2) is 0 Å². The minimum absolute atomic E-state index is 0.0517. The summed E-state index contributed by atoms with van der Waals surface area (Å²) in [5.41, 5.74) is 0.0831. The second-order valence-corrected chi connectivity index (χ2v) is 4.73. The molecule has 0 fully saturated rings. The first-order chi connectivity index (χ1) is 10.5. The first-order valence-electron chi connectivity index (χ1n) is 6.13. The van der Waals surface area contributed by atoms with Crippen LogP contribution in [-0.4, -0.2) is 5.91 Å². The van der Waals surface area contributed by atoms with Crippen LogP contribution in [0.5, 0.6) is 0 Å². The van der Waals surface area contributed by atoms with Crippen LogP contribution >= 0.6 is 11.6 Å². The van der Waals surface area contributed by atoms with Gasteiger partial charge in [0.2, 0.25) is 0 Å². The van der Waals surface area contributed by atoms with Gasteiger partial charge in [-0.15, -0.1) is 0 Å². The third-order valence-corrected chi connectivity index (χ3v) is 2.98. The quantitative estimate of drug-likeness (QED) is 0.682. The number of carbonyl (C=O) groups is 1. The molecule has 0 aliphatic carbocycles. The minimum Gasteiger partial charge on any atom is -0.321 e. The number of rotatable bonds is 3. The molecule has 0 unspecified atom stereocenters. The Bertz CT molecular complexity index is 780. The molecule has 2 aromatic carbocycles. The van der Waals surface area contributed by atoms with Gasteiger partial charge < -0.3 is 5.32 Å². The second kappa shape index (κ2) is 6.83. The number of halogens is 3. The zero-order valence-corrected chi connectivity index (χ0v) is 11.9. The van der Waals surface area contributed by atoms with Gasteiger partial charge in [-0.05, 0) is 42.5 Å². The van der Waals surface area contributed by atoms with E-state index in [2.05, 4.69) is 5.32 Å². The van der Waals surface area contributed by atoms with Crippen LogP contribution in [0.3, 0.4) is 0 Å². The molecular formula is C16H9ClF2N2O. The Balaban J connectivity index is 2.23. The molecule has 2 aromatic rings. The summed E-state index contributed by atoms with van der Waals surface area (Å²) in [6.07, 6.45) is 1.06. The number of nitriles is 1. The van der Waals surface area contributed by atoms with Crippen LogP contribution in [0.2, 0.25) is 5.02 Å². The summed E-state index contributed by atoms with van der Waals surface area (Å²) in [4.78, 5) is 12.0. The molecule has 0 saturated heterocycles. The normalized spacial score (nSPS) is 10.9. The highest BCUT2D eigenvalue weighted by Crippen LogP contribution is 2.16. The van der Waals surface area contributed by atoms with E-state index in [0.717, 1.165) is 18.2 Å². The van der Waals surface area contributed by atoms with E-state index < -0.39 is 17.5 Å². The number of nitrogens with one attached hydrogen (secondary N) is 1. The Kier molecular flexibility index (Phi) is 4.87. The molecule has 0 heterocycles. The molecule has 110 valence electrons. The number of nitrogens with zero attached hydrogens (tertiary/aromatic N) is 1. The van der Waals surface area contributed by atoms with Crippen LogP contribution in [0.25, 0.3) is 6.08 Å². The first kappa shape index (κ1) is 15.7. The van der Waals surface area contributed by atoms with Crippen LogP contribution in [-0.2, 0) is 4.79 Å². The van der Waals surface area contributed by atoms with E-state index in [9.17, 15) is 13.6 Å².